The van der Waals surface area contributed by atoms with Gasteiger partial charge in [0.05, 0.1) is 0 Å². The molecule has 5 N–H and O–H groups in total. The number of thioether (sulfide) groups is 1. The molecule has 0 amide bonds. The van der Waals surface area contributed by atoms with Crippen LogP contribution in [0.25, 0.3) is 0 Å². The van der Waals surface area contributed by atoms with Crippen LogP contribution in [-0.2, 0) is 14.4 Å². The Balaban J connectivity index is 0. The van der Waals surface area contributed by atoms with Crippen molar-refractivity contribution < 1.29 is 24.6 Å². The van der Waals surface area contributed by atoms with E-state index in [-0.39, 0.29) is 11.8 Å². The summed E-state index contributed by atoms with van der Waals surface area (Å²) in [6.07, 6.45) is 0. The molecule has 100 valence electrons. The van der Waals surface area contributed by atoms with Crippen LogP contribution in [0.3, 0.4) is 0 Å². The molecule has 0 bridgehead atoms. The monoisotopic (exact) mass is 284 g/mol. The standard InChI is InChI=1S/C4H7NO2S.C3H7NO2S.CH2O/c6-4(7)3-1-8-2-5-3;4-2(1-7)3(5)6;1-2/h3,5H,1-2H2,(H,6,7);2,7H,1,4H2,(H,5,6);1H2. The van der Waals surface area contributed by atoms with E-state index in [1.54, 1.807) is 11.8 Å². The van der Waals surface area contributed by atoms with Crippen molar-refractivity contribution in [2.24, 2.45) is 5.73 Å². The lowest BCUT2D eigenvalue weighted by Gasteiger charge is -1.98. The molecule has 0 radical (unpaired) electrons. The Kier molecular flexibility index (Phi) is 12.8. The maximum absolute atomic E-state index is 10.1. The van der Waals surface area contributed by atoms with Gasteiger partial charge in [0.1, 0.15) is 18.9 Å². The zero-order valence-electron chi connectivity index (χ0n) is 9.04. The molecule has 2 atom stereocenters. The van der Waals surface area contributed by atoms with Gasteiger partial charge < -0.3 is 20.7 Å². The quantitative estimate of drug-likeness (QED) is 0.412. The van der Waals surface area contributed by atoms with Gasteiger partial charge in [0.25, 0.3) is 0 Å². The van der Waals surface area contributed by atoms with Crippen LogP contribution >= 0.6 is 24.4 Å². The number of thiol groups is 1. The van der Waals surface area contributed by atoms with E-state index < -0.39 is 18.0 Å². The van der Waals surface area contributed by atoms with Crippen molar-refractivity contribution in [3.8, 4) is 0 Å². The van der Waals surface area contributed by atoms with E-state index in [1.807, 2.05) is 6.79 Å². The lowest BCUT2D eigenvalue weighted by atomic mass is 10.4. The van der Waals surface area contributed by atoms with E-state index in [1.165, 1.54) is 0 Å². The van der Waals surface area contributed by atoms with Crippen LogP contribution in [0.5, 0.6) is 0 Å². The summed E-state index contributed by atoms with van der Waals surface area (Å²) in [6, 6.07) is -1.12. The molecule has 0 aliphatic carbocycles. The first-order valence-corrected chi connectivity index (χ1v) is 6.19. The summed E-state index contributed by atoms with van der Waals surface area (Å²) in [7, 11) is 0. The molecule has 1 fully saturated rings. The normalized spacial score (nSPS) is 19.1. The van der Waals surface area contributed by atoms with E-state index in [0.29, 0.717) is 5.75 Å². The largest absolute Gasteiger partial charge is 0.480 e. The van der Waals surface area contributed by atoms with Crippen molar-refractivity contribution in [1.29, 1.82) is 0 Å². The zero-order chi connectivity index (χ0) is 13.8. The van der Waals surface area contributed by atoms with Gasteiger partial charge in [-0.3, -0.25) is 14.9 Å². The highest BCUT2D eigenvalue weighted by Gasteiger charge is 2.20. The number of hydrogen-bond acceptors (Lipinski definition) is 7. The molecule has 1 saturated heterocycles. The summed E-state index contributed by atoms with van der Waals surface area (Å²) in [5.41, 5.74) is 4.94. The van der Waals surface area contributed by atoms with Gasteiger partial charge in [-0.15, -0.1) is 11.8 Å². The van der Waals surface area contributed by atoms with Crippen molar-refractivity contribution >= 4 is 43.1 Å². The molecule has 0 aromatic rings. The lowest BCUT2D eigenvalue weighted by Crippen LogP contribution is -2.32. The maximum Gasteiger partial charge on any atom is 0.321 e. The number of carbonyl (C=O) groups excluding carboxylic acids is 1. The van der Waals surface area contributed by atoms with E-state index >= 15 is 0 Å². The first-order valence-electron chi connectivity index (χ1n) is 4.41. The first-order chi connectivity index (χ1) is 7.99. The van der Waals surface area contributed by atoms with E-state index in [4.69, 9.17) is 20.7 Å². The maximum atomic E-state index is 10.1. The summed E-state index contributed by atoms with van der Waals surface area (Å²) < 4.78 is 0. The van der Waals surface area contributed by atoms with Gasteiger partial charge in [-0.25, -0.2) is 0 Å². The summed E-state index contributed by atoms with van der Waals surface area (Å²) in [5.74, 6) is -0.0771. The van der Waals surface area contributed by atoms with Crippen LogP contribution in [0.4, 0.5) is 0 Å². The Morgan fingerprint density at radius 3 is 2.18 bits per heavy atom. The van der Waals surface area contributed by atoms with Gasteiger partial charge in [-0.2, -0.15) is 12.6 Å². The topological polar surface area (TPSA) is 130 Å². The third-order valence-electron chi connectivity index (χ3n) is 1.53. The fourth-order valence-electron chi connectivity index (χ4n) is 0.632. The Labute approximate surface area is 109 Å². The zero-order valence-corrected chi connectivity index (χ0v) is 10.7. The second-order valence-corrected chi connectivity index (χ2v) is 4.13. The minimum absolute atomic E-state index is 0.190. The Morgan fingerprint density at radius 2 is 2.06 bits per heavy atom. The van der Waals surface area contributed by atoms with E-state index in [0.717, 1.165) is 5.88 Å². The first kappa shape index (κ1) is 18.6. The number of rotatable bonds is 3. The molecule has 9 heteroatoms. The molecular formula is C8H16N2O5S2. The number of carboxylic acids is 2. The third kappa shape index (κ3) is 10.1. The fourth-order valence-corrected chi connectivity index (χ4v) is 1.72. The molecule has 0 aromatic carbocycles. The number of carbonyl (C=O) groups is 3. The molecule has 0 aromatic heterocycles. The number of hydrogen-bond donors (Lipinski definition) is 5. The SMILES string of the molecule is C=O.NC(CS)C(=O)O.O=C(O)C1CSCN1. The second-order valence-electron chi connectivity index (χ2n) is 2.74. The van der Waals surface area contributed by atoms with Gasteiger partial charge in [0.15, 0.2) is 0 Å². The smallest absolute Gasteiger partial charge is 0.321 e. The molecule has 0 saturated carbocycles. The third-order valence-corrected chi connectivity index (χ3v) is 2.86. The van der Waals surface area contributed by atoms with Gasteiger partial charge >= 0.3 is 11.9 Å². The molecule has 17 heavy (non-hydrogen) atoms. The minimum atomic E-state index is -1.00. The molecule has 2 unspecified atom stereocenters. The molecule has 7 nitrogen and oxygen atoms in total. The van der Waals surface area contributed by atoms with Crippen LogP contribution in [0, 0.1) is 0 Å². The number of nitrogens with one attached hydrogen (secondary N) is 1. The summed E-state index contributed by atoms with van der Waals surface area (Å²) in [5, 5.41) is 19.2. The summed E-state index contributed by atoms with van der Waals surface area (Å²) >= 11 is 5.27. The second kappa shape index (κ2) is 11.7. The highest BCUT2D eigenvalue weighted by atomic mass is 32.2. The predicted molar refractivity (Wildman–Crippen MR) is 68.5 cm³/mol. The van der Waals surface area contributed by atoms with Crippen LogP contribution in [-0.4, -0.2) is 58.4 Å². The average Bonchev–Trinajstić information content (AvgIpc) is 2.85. The fraction of sp³-hybridized carbons (Fsp3) is 0.625. The molecule has 1 aliphatic rings. The molecule has 0 spiro atoms. The van der Waals surface area contributed by atoms with Crippen molar-refractivity contribution in [3.05, 3.63) is 0 Å². The van der Waals surface area contributed by atoms with Crippen molar-refractivity contribution in [3.63, 3.8) is 0 Å². The highest BCUT2D eigenvalue weighted by molar-refractivity contribution is 7.99. The van der Waals surface area contributed by atoms with Crippen molar-refractivity contribution in [2.75, 3.05) is 17.4 Å². The molecule has 1 heterocycles. The van der Waals surface area contributed by atoms with Crippen LogP contribution in [0.2, 0.25) is 0 Å². The Hall–Kier alpha value is -0.770. The number of aliphatic carboxylic acids is 2. The van der Waals surface area contributed by atoms with Gasteiger partial charge in [-0.1, -0.05) is 0 Å². The Bertz CT molecular complexity index is 236. The van der Waals surface area contributed by atoms with Gasteiger partial charge in [-0.05, 0) is 0 Å². The van der Waals surface area contributed by atoms with E-state index in [2.05, 4.69) is 17.9 Å². The van der Waals surface area contributed by atoms with Crippen molar-refractivity contribution in [2.45, 2.75) is 12.1 Å². The van der Waals surface area contributed by atoms with E-state index in [9.17, 15) is 9.59 Å². The predicted octanol–water partition coefficient (Wildman–Crippen LogP) is -1.12. The van der Waals surface area contributed by atoms with Crippen LogP contribution in [0.1, 0.15) is 0 Å². The Morgan fingerprint density at radius 1 is 1.53 bits per heavy atom. The number of carboxylic acid groups (broad SMARTS) is 2. The summed E-state index contributed by atoms with van der Waals surface area (Å²) in [6.45, 7) is 2.00. The van der Waals surface area contributed by atoms with Gasteiger partial charge in [0, 0.05) is 17.4 Å². The van der Waals surface area contributed by atoms with Gasteiger partial charge in [0.2, 0.25) is 0 Å². The minimum Gasteiger partial charge on any atom is -0.480 e. The van der Waals surface area contributed by atoms with Crippen molar-refractivity contribution in [1.82, 2.24) is 5.32 Å². The molecule has 1 rings (SSSR count). The highest BCUT2D eigenvalue weighted by Crippen LogP contribution is 2.08. The summed E-state index contributed by atoms with van der Waals surface area (Å²) in [4.78, 5) is 27.9. The average molecular weight is 284 g/mol. The van der Waals surface area contributed by atoms with Crippen LogP contribution < -0.4 is 11.1 Å². The molecule has 1 aliphatic heterocycles. The van der Waals surface area contributed by atoms with Crippen LogP contribution in [0.15, 0.2) is 0 Å². The lowest BCUT2D eigenvalue weighted by molar-refractivity contribution is -0.139. The molecular weight excluding hydrogens is 268 g/mol. The number of nitrogens with two attached hydrogens (primary N) is 1.